The van der Waals surface area contributed by atoms with Crippen molar-refractivity contribution in [2.24, 2.45) is 11.8 Å². The summed E-state index contributed by atoms with van der Waals surface area (Å²) in [6.07, 6.45) is 2.81. The van der Waals surface area contributed by atoms with Crippen molar-refractivity contribution in [3.8, 4) is 0 Å². The van der Waals surface area contributed by atoms with E-state index in [1.54, 1.807) is 4.68 Å². The second-order valence-corrected chi connectivity index (χ2v) is 9.08. The Labute approximate surface area is 195 Å². The van der Waals surface area contributed by atoms with E-state index >= 15 is 0 Å². The van der Waals surface area contributed by atoms with Crippen molar-refractivity contribution in [1.29, 1.82) is 0 Å². The summed E-state index contributed by atoms with van der Waals surface area (Å²) in [6, 6.07) is 10.0. The van der Waals surface area contributed by atoms with Crippen LogP contribution in [0.4, 0.5) is 11.5 Å². The van der Waals surface area contributed by atoms with Crippen molar-refractivity contribution in [2.75, 3.05) is 16.9 Å². The molecular weight excluding hydrogens is 418 g/mol. The van der Waals surface area contributed by atoms with Gasteiger partial charge in [0.15, 0.2) is 6.29 Å². The second kappa shape index (κ2) is 9.93. The molecule has 33 heavy (non-hydrogen) atoms. The number of anilines is 2. The molecule has 0 radical (unpaired) electrons. The predicted octanol–water partition coefficient (Wildman–Crippen LogP) is 2.80. The van der Waals surface area contributed by atoms with E-state index in [1.165, 1.54) is 5.56 Å². The number of fused-ring (bicyclic) bond motifs is 1. The van der Waals surface area contributed by atoms with E-state index in [0.717, 1.165) is 37.1 Å². The highest BCUT2D eigenvalue weighted by Gasteiger charge is 2.45. The first-order valence-corrected chi connectivity index (χ1v) is 11.9. The zero-order valence-corrected chi connectivity index (χ0v) is 19.9. The number of rotatable bonds is 8. The Morgan fingerprint density at radius 3 is 2.55 bits per heavy atom. The summed E-state index contributed by atoms with van der Waals surface area (Å²) in [6.45, 7) is 8.66. The molecule has 2 aromatic rings. The van der Waals surface area contributed by atoms with Crippen molar-refractivity contribution in [1.82, 2.24) is 25.8 Å². The lowest BCUT2D eigenvalue weighted by Crippen LogP contribution is -2.61. The van der Waals surface area contributed by atoms with Crippen LogP contribution in [0.1, 0.15) is 57.1 Å². The molecule has 3 atom stereocenters. The number of hydrogen-bond acceptors (Lipinski definition) is 6. The van der Waals surface area contributed by atoms with Crippen LogP contribution in [0.25, 0.3) is 0 Å². The number of amides is 2. The quantitative estimate of drug-likeness (QED) is 0.490. The Kier molecular flexibility index (Phi) is 6.99. The minimum Gasteiger partial charge on any atom is -0.321 e. The summed E-state index contributed by atoms with van der Waals surface area (Å²) in [5.74, 6) is 0.266. The maximum atomic E-state index is 13.0. The molecule has 0 bridgehead atoms. The highest BCUT2D eigenvalue weighted by Crippen LogP contribution is 2.28. The van der Waals surface area contributed by atoms with Crippen LogP contribution < -0.4 is 26.4 Å². The molecule has 2 aliphatic rings. The van der Waals surface area contributed by atoms with Gasteiger partial charge in [-0.2, -0.15) is 5.10 Å². The molecule has 9 heteroatoms. The van der Waals surface area contributed by atoms with Crippen LogP contribution in [-0.4, -0.2) is 34.3 Å². The van der Waals surface area contributed by atoms with Crippen LogP contribution >= 0.6 is 0 Å². The molecule has 1 aromatic carbocycles. The lowest BCUT2D eigenvalue weighted by molar-refractivity contribution is -0.129. The van der Waals surface area contributed by atoms with Gasteiger partial charge in [-0.3, -0.25) is 19.9 Å². The van der Waals surface area contributed by atoms with E-state index in [1.807, 2.05) is 37.1 Å². The molecule has 0 spiro atoms. The number of nitrogens with one attached hydrogen (secondary N) is 4. The van der Waals surface area contributed by atoms with Gasteiger partial charge in [0, 0.05) is 18.5 Å². The Balaban J connectivity index is 1.55. The van der Waals surface area contributed by atoms with Gasteiger partial charge in [0.2, 0.25) is 11.8 Å². The number of hydrazine groups is 1. The molecule has 178 valence electrons. The fourth-order valence-electron chi connectivity index (χ4n) is 4.69. The maximum absolute atomic E-state index is 13.0. The van der Waals surface area contributed by atoms with Crippen molar-refractivity contribution in [3.63, 3.8) is 0 Å². The van der Waals surface area contributed by atoms with Crippen molar-refractivity contribution >= 4 is 23.3 Å². The van der Waals surface area contributed by atoms with E-state index in [2.05, 4.69) is 52.5 Å². The van der Waals surface area contributed by atoms with Gasteiger partial charge in [-0.05, 0) is 38.8 Å². The lowest BCUT2D eigenvalue weighted by Gasteiger charge is -2.37. The Morgan fingerprint density at radius 2 is 1.88 bits per heavy atom. The molecule has 0 saturated carbocycles. The first-order chi connectivity index (χ1) is 15.9. The van der Waals surface area contributed by atoms with Gasteiger partial charge >= 0.3 is 0 Å². The molecule has 9 nitrogen and oxygen atoms in total. The van der Waals surface area contributed by atoms with Crippen LogP contribution in [0.2, 0.25) is 0 Å². The third-order valence-corrected chi connectivity index (χ3v) is 6.40. The monoisotopic (exact) mass is 453 g/mol. The number of benzene rings is 1. The SMILES string of the molecule is CCCC(CCC)C(=O)Nc1cc(C)nn1C1NC(=O)C2CNN(c3ccc(C)cc3)C2N1. The zero-order chi connectivity index (χ0) is 23.5. The van der Waals surface area contributed by atoms with Gasteiger partial charge in [-0.1, -0.05) is 44.4 Å². The van der Waals surface area contributed by atoms with Crippen LogP contribution in [0.5, 0.6) is 0 Å². The third-order valence-electron chi connectivity index (χ3n) is 6.40. The molecular formula is C24H35N7O2. The van der Waals surface area contributed by atoms with Gasteiger partial charge < -0.3 is 10.6 Å². The summed E-state index contributed by atoms with van der Waals surface area (Å²) < 4.78 is 1.67. The molecule has 4 N–H and O–H groups in total. The fourth-order valence-corrected chi connectivity index (χ4v) is 4.69. The Bertz CT molecular complexity index is 981. The van der Waals surface area contributed by atoms with Gasteiger partial charge in [-0.25, -0.2) is 10.1 Å². The molecule has 2 saturated heterocycles. The molecule has 3 heterocycles. The average molecular weight is 454 g/mol. The van der Waals surface area contributed by atoms with Crippen molar-refractivity contribution in [2.45, 2.75) is 65.8 Å². The van der Waals surface area contributed by atoms with Crippen LogP contribution in [0.3, 0.4) is 0 Å². The van der Waals surface area contributed by atoms with Crippen LogP contribution in [-0.2, 0) is 9.59 Å². The van der Waals surface area contributed by atoms with Crippen LogP contribution in [0.15, 0.2) is 30.3 Å². The zero-order valence-electron chi connectivity index (χ0n) is 19.9. The Morgan fingerprint density at radius 1 is 1.18 bits per heavy atom. The van der Waals surface area contributed by atoms with E-state index in [0.29, 0.717) is 12.4 Å². The topological polar surface area (TPSA) is 103 Å². The maximum Gasteiger partial charge on any atom is 0.230 e. The molecule has 2 fully saturated rings. The Hall–Kier alpha value is -2.91. The number of aromatic nitrogens is 2. The second-order valence-electron chi connectivity index (χ2n) is 9.08. The number of carbonyl (C=O) groups is 2. The average Bonchev–Trinajstić information content (AvgIpc) is 3.37. The van der Waals surface area contributed by atoms with Crippen molar-refractivity contribution in [3.05, 3.63) is 41.6 Å². The van der Waals surface area contributed by atoms with Gasteiger partial charge in [-0.15, -0.1) is 0 Å². The van der Waals surface area contributed by atoms with Gasteiger partial charge in [0.25, 0.3) is 0 Å². The summed E-state index contributed by atoms with van der Waals surface area (Å²) >= 11 is 0. The largest absolute Gasteiger partial charge is 0.321 e. The molecule has 3 unspecified atom stereocenters. The van der Waals surface area contributed by atoms with E-state index in [-0.39, 0.29) is 29.8 Å². The number of hydrogen-bond donors (Lipinski definition) is 4. The lowest BCUT2D eigenvalue weighted by atomic mass is 9.97. The third kappa shape index (κ3) is 4.89. The number of carbonyl (C=O) groups excluding carboxylic acids is 2. The van der Waals surface area contributed by atoms with E-state index < -0.39 is 6.29 Å². The minimum atomic E-state index is -0.577. The number of aryl methyl sites for hydroxylation is 2. The molecule has 2 aliphatic heterocycles. The normalized spacial score (nSPS) is 22.4. The highest BCUT2D eigenvalue weighted by molar-refractivity contribution is 5.92. The highest BCUT2D eigenvalue weighted by atomic mass is 16.2. The van der Waals surface area contributed by atoms with E-state index in [4.69, 9.17) is 0 Å². The minimum absolute atomic E-state index is 0.00341. The molecule has 0 aliphatic carbocycles. The smallest absolute Gasteiger partial charge is 0.230 e. The summed E-state index contributed by atoms with van der Waals surface area (Å²) in [5, 5.41) is 16.2. The summed E-state index contributed by atoms with van der Waals surface area (Å²) in [4.78, 5) is 25.9. The summed E-state index contributed by atoms with van der Waals surface area (Å²) in [5.41, 5.74) is 6.28. The van der Waals surface area contributed by atoms with Crippen molar-refractivity contribution < 1.29 is 9.59 Å². The predicted molar refractivity (Wildman–Crippen MR) is 128 cm³/mol. The first kappa shape index (κ1) is 23.3. The molecule has 2 amide bonds. The first-order valence-electron chi connectivity index (χ1n) is 11.9. The molecule has 1 aromatic heterocycles. The summed E-state index contributed by atoms with van der Waals surface area (Å²) in [7, 11) is 0. The molecule has 4 rings (SSSR count). The van der Waals surface area contributed by atoms with E-state index in [9.17, 15) is 9.59 Å². The fraction of sp³-hybridized carbons (Fsp3) is 0.542. The van der Waals surface area contributed by atoms with Gasteiger partial charge in [0.1, 0.15) is 12.0 Å². The number of nitrogens with zero attached hydrogens (tertiary/aromatic N) is 3. The van der Waals surface area contributed by atoms with Crippen LogP contribution in [0, 0.1) is 25.7 Å². The van der Waals surface area contributed by atoms with Gasteiger partial charge in [0.05, 0.1) is 17.3 Å². The standard InChI is InChI=1S/C24H35N7O2/c1-5-7-17(8-6-2)22(32)26-20-13-16(4)29-31(20)24-27-21-19(23(33)28-24)14-25-30(21)18-11-9-15(3)10-12-18/h9-13,17,19,21,24-25,27H,5-8,14H2,1-4H3,(H,26,32)(H,28,33).